The molecule has 2 atom stereocenters. The molecule has 2 rings (SSSR count). The van der Waals surface area contributed by atoms with Gasteiger partial charge in [0.25, 0.3) is 0 Å². The van der Waals surface area contributed by atoms with E-state index in [-0.39, 0.29) is 11.3 Å². The Balaban J connectivity index is 2.12. The summed E-state index contributed by atoms with van der Waals surface area (Å²) in [6.07, 6.45) is 0.968. The van der Waals surface area contributed by atoms with E-state index in [9.17, 15) is 0 Å². The summed E-state index contributed by atoms with van der Waals surface area (Å²) < 4.78 is 10.2. The van der Waals surface area contributed by atoms with Crippen molar-refractivity contribution in [3.63, 3.8) is 0 Å². The number of halogens is 1. The predicted molar refractivity (Wildman–Crippen MR) is 46.7 cm³/mol. The van der Waals surface area contributed by atoms with Gasteiger partial charge in [0.05, 0.1) is 6.61 Å². The normalized spacial score (nSPS) is 24.9. The highest BCUT2D eigenvalue weighted by Crippen LogP contribution is 2.25. The molecule has 13 heavy (non-hydrogen) atoms. The van der Waals surface area contributed by atoms with E-state index in [0.717, 1.165) is 18.9 Å². The lowest BCUT2D eigenvalue weighted by Gasteiger charge is -1.97. The largest absolute Gasteiger partial charge is 0.381 e. The van der Waals surface area contributed by atoms with Crippen LogP contribution < -0.4 is 0 Å². The van der Waals surface area contributed by atoms with Crippen LogP contribution in [-0.2, 0) is 4.74 Å². The van der Waals surface area contributed by atoms with Crippen LogP contribution in [0.15, 0.2) is 4.52 Å². The molecule has 0 N–H and O–H groups in total. The second kappa shape index (κ2) is 3.64. The Morgan fingerprint density at radius 3 is 3.00 bits per heavy atom. The fraction of sp³-hybridized carbons (Fsp3) is 0.750. The topological polar surface area (TPSA) is 48.2 Å². The minimum atomic E-state index is -0.219. The highest BCUT2D eigenvalue weighted by atomic mass is 35.5. The minimum absolute atomic E-state index is 0.219. The van der Waals surface area contributed by atoms with Gasteiger partial charge in [-0.2, -0.15) is 4.98 Å². The third-order valence-corrected chi connectivity index (χ3v) is 2.28. The second-order valence-electron chi connectivity index (χ2n) is 3.17. The fourth-order valence-electron chi connectivity index (χ4n) is 1.31. The molecule has 0 bridgehead atoms. The van der Waals surface area contributed by atoms with E-state index < -0.39 is 0 Å². The van der Waals surface area contributed by atoms with Gasteiger partial charge in [0.2, 0.25) is 5.89 Å². The van der Waals surface area contributed by atoms with Gasteiger partial charge in [-0.25, -0.2) is 0 Å². The molecule has 0 aromatic carbocycles. The molecule has 0 spiro atoms. The van der Waals surface area contributed by atoms with E-state index in [1.54, 1.807) is 0 Å². The summed E-state index contributed by atoms with van der Waals surface area (Å²) in [5, 5.41) is 3.65. The predicted octanol–water partition coefficient (Wildman–Crippen LogP) is 1.87. The molecule has 1 saturated heterocycles. The van der Waals surface area contributed by atoms with E-state index in [4.69, 9.17) is 20.9 Å². The van der Waals surface area contributed by atoms with Gasteiger partial charge in [-0.15, -0.1) is 11.6 Å². The summed E-state index contributed by atoms with van der Waals surface area (Å²) in [6, 6.07) is 0. The van der Waals surface area contributed by atoms with E-state index in [1.165, 1.54) is 0 Å². The van der Waals surface area contributed by atoms with Crippen molar-refractivity contribution in [2.75, 3.05) is 13.2 Å². The van der Waals surface area contributed by atoms with E-state index in [1.807, 2.05) is 6.92 Å². The Labute approximate surface area is 81.2 Å². The molecule has 1 aliphatic heterocycles. The van der Waals surface area contributed by atoms with Crippen LogP contribution in [0.25, 0.3) is 0 Å². The van der Waals surface area contributed by atoms with Gasteiger partial charge in [0, 0.05) is 12.5 Å². The third-order valence-electron chi connectivity index (χ3n) is 2.09. The lowest BCUT2D eigenvalue weighted by Crippen LogP contribution is -2.00. The zero-order valence-electron chi connectivity index (χ0n) is 7.36. The molecule has 2 unspecified atom stereocenters. The van der Waals surface area contributed by atoms with Gasteiger partial charge in [-0.3, -0.25) is 0 Å². The van der Waals surface area contributed by atoms with Crippen LogP contribution >= 0.6 is 11.6 Å². The summed E-state index contributed by atoms with van der Waals surface area (Å²) in [4.78, 5) is 4.20. The summed E-state index contributed by atoms with van der Waals surface area (Å²) >= 11 is 5.80. The SMILES string of the molecule is CC(Cl)c1nc(C2CCOC2)no1. The summed E-state index contributed by atoms with van der Waals surface area (Å²) in [5.41, 5.74) is 0. The standard InChI is InChI=1S/C8H11ClN2O2/c1-5(9)8-10-7(11-13-8)6-2-3-12-4-6/h5-6H,2-4H2,1H3. The molecular formula is C8H11ClN2O2. The van der Waals surface area contributed by atoms with Crippen molar-refractivity contribution in [1.82, 2.24) is 10.1 Å². The molecule has 0 amide bonds. The highest BCUT2D eigenvalue weighted by molar-refractivity contribution is 6.20. The molecule has 1 aromatic rings. The van der Waals surface area contributed by atoms with E-state index in [2.05, 4.69) is 10.1 Å². The molecule has 2 heterocycles. The molecule has 1 aromatic heterocycles. The summed E-state index contributed by atoms with van der Waals surface area (Å²) in [6.45, 7) is 3.28. The van der Waals surface area contributed by atoms with Crippen LogP contribution in [0.1, 0.15) is 36.4 Å². The Bertz CT molecular complexity index is 281. The van der Waals surface area contributed by atoms with Crippen molar-refractivity contribution >= 4 is 11.6 Å². The average molecular weight is 203 g/mol. The highest BCUT2D eigenvalue weighted by Gasteiger charge is 2.23. The van der Waals surface area contributed by atoms with Crippen LogP contribution in [-0.4, -0.2) is 23.4 Å². The quantitative estimate of drug-likeness (QED) is 0.687. The number of alkyl halides is 1. The first-order valence-electron chi connectivity index (χ1n) is 4.32. The van der Waals surface area contributed by atoms with Gasteiger partial charge in [-0.1, -0.05) is 5.16 Å². The molecule has 0 aliphatic carbocycles. The van der Waals surface area contributed by atoms with E-state index in [0.29, 0.717) is 12.5 Å². The molecular weight excluding hydrogens is 192 g/mol. The van der Waals surface area contributed by atoms with E-state index >= 15 is 0 Å². The maximum absolute atomic E-state index is 5.80. The number of hydrogen-bond acceptors (Lipinski definition) is 4. The van der Waals surface area contributed by atoms with Crippen LogP contribution in [0.3, 0.4) is 0 Å². The van der Waals surface area contributed by atoms with Gasteiger partial charge >= 0.3 is 0 Å². The zero-order chi connectivity index (χ0) is 9.26. The van der Waals surface area contributed by atoms with Crippen LogP contribution in [0.2, 0.25) is 0 Å². The number of hydrogen-bond donors (Lipinski definition) is 0. The Morgan fingerprint density at radius 2 is 2.46 bits per heavy atom. The first kappa shape index (κ1) is 8.97. The zero-order valence-corrected chi connectivity index (χ0v) is 8.12. The van der Waals surface area contributed by atoms with Crippen molar-refractivity contribution in [3.8, 4) is 0 Å². The lowest BCUT2D eigenvalue weighted by atomic mass is 10.1. The number of ether oxygens (including phenoxy) is 1. The van der Waals surface area contributed by atoms with Gasteiger partial charge in [0.15, 0.2) is 5.82 Å². The lowest BCUT2D eigenvalue weighted by molar-refractivity contribution is 0.192. The summed E-state index contributed by atoms with van der Waals surface area (Å²) in [7, 11) is 0. The molecule has 1 aliphatic rings. The van der Waals surface area contributed by atoms with Crippen molar-refractivity contribution in [1.29, 1.82) is 0 Å². The third kappa shape index (κ3) is 1.84. The van der Waals surface area contributed by atoms with Gasteiger partial charge in [-0.05, 0) is 13.3 Å². The molecule has 5 heteroatoms. The van der Waals surface area contributed by atoms with Crippen molar-refractivity contribution in [2.45, 2.75) is 24.6 Å². The number of rotatable bonds is 2. The second-order valence-corrected chi connectivity index (χ2v) is 3.82. The van der Waals surface area contributed by atoms with Gasteiger partial charge < -0.3 is 9.26 Å². The molecule has 72 valence electrons. The molecule has 0 saturated carbocycles. The van der Waals surface area contributed by atoms with Gasteiger partial charge in [0.1, 0.15) is 5.38 Å². The van der Waals surface area contributed by atoms with Crippen LogP contribution in [0.5, 0.6) is 0 Å². The smallest absolute Gasteiger partial charge is 0.244 e. The van der Waals surface area contributed by atoms with Crippen molar-refractivity contribution in [2.24, 2.45) is 0 Å². The first-order chi connectivity index (χ1) is 6.27. The number of aromatic nitrogens is 2. The Kier molecular flexibility index (Phi) is 2.51. The average Bonchev–Trinajstić information content (AvgIpc) is 2.75. The fourth-order valence-corrected chi connectivity index (χ4v) is 1.40. The minimum Gasteiger partial charge on any atom is -0.381 e. The molecule has 0 radical (unpaired) electrons. The Hall–Kier alpha value is -0.610. The van der Waals surface area contributed by atoms with Crippen LogP contribution in [0.4, 0.5) is 0 Å². The number of nitrogens with zero attached hydrogens (tertiary/aromatic N) is 2. The van der Waals surface area contributed by atoms with Crippen molar-refractivity contribution < 1.29 is 9.26 Å². The molecule has 4 nitrogen and oxygen atoms in total. The first-order valence-corrected chi connectivity index (χ1v) is 4.76. The Morgan fingerprint density at radius 1 is 1.62 bits per heavy atom. The maximum atomic E-state index is 5.80. The molecule has 1 fully saturated rings. The van der Waals surface area contributed by atoms with Crippen molar-refractivity contribution in [3.05, 3.63) is 11.7 Å². The summed E-state index contributed by atoms with van der Waals surface area (Å²) in [5.74, 6) is 1.50. The van der Waals surface area contributed by atoms with Crippen LogP contribution in [0, 0.1) is 0 Å². The maximum Gasteiger partial charge on any atom is 0.244 e. The monoisotopic (exact) mass is 202 g/mol.